The van der Waals surface area contributed by atoms with E-state index in [9.17, 15) is 10.1 Å². The first kappa shape index (κ1) is 15.7. The lowest BCUT2D eigenvalue weighted by Gasteiger charge is -2.26. The summed E-state index contributed by atoms with van der Waals surface area (Å²) in [6, 6.07) is 4.98. The molecule has 0 bridgehead atoms. The summed E-state index contributed by atoms with van der Waals surface area (Å²) in [6.45, 7) is 8.88. The Hall–Kier alpha value is -1.33. The lowest BCUT2D eigenvalue weighted by Crippen LogP contribution is -2.37. The molecule has 19 heavy (non-hydrogen) atoms. The number of benzene rings is 1. The van der Waals surface area contributed by atoms with E-state index < -0.39 is 4.92 Å². The predicted molar refractivity (Wildman–Crippen MR) is 79.0 cm³/mol. The first-order chi connectivity index (χ1) is 8.99. The van der Waals surface area contributed by atoms with Crippen molar-refractivity contribution in [2.45, 2.75) is 26.8 Å². The van der Waals surface area contributed by atoms with Gasteiger partial charge in [-0.25, -0.2) is 0 Å². The second kappa shape index (κ2) is 7.31. The fraction of sp³-hybridized carbons (Fsp3) is 0.538. The molecule has 106 valence electrons. The second-order valence-electron chi connectivity index (χ2n) is 4.37. The smallest absolute Gasteiger partial charge is 0.293 e. The van der Waals surface area contributed by atoms with E-state index in [1.807, 2.05) is 0 Å². The zero-order chi connectivity index (χ0) is 14.4. The number of halogens is 1. The Morgan fingerprint density at radius 3 is 2.58 bits per heavy atom. The Kier molecular flexibility index (Phi) is 6.05. The monoisotopic (exact) mass is 285 g/mol. The zero-order valence-corrected chi connectivity index (χ0v) is 12.3. The van der Waals surface area contributed by atoms with Crippen LogP contribution < -0.4 is 5.32 Å². The van der Waals surface area contributed by atoms with Crippen molar-refractivity contribution in [2.24, 2.45) is 0 Å². The third-order valence-electron chi connectivity index (χ3n) is 3.18. The lowest BCUT2D eigenvalue weighted by atomic mass is 10.2. The van der Waals surface area contributed by atoms with Gasteiger partial charge in [0.15, 0.2) is 0 Å². The van der Waals surface area contributed by atoms with Gasteiger partial charge in [0.2, 0.25) is 0 Å². The van der Waals surface area contributed by atoms with Crippen molar-refractivity contribution < 1.29 is 4.92 Å². The number of hydrogen-bond acceptors (Lipinski definition) is 4. The standard InChI is InChI=1S/C13H20ClN3O2/c1-4-16(5-2)10(3)9-15-12-7-6-11(14)8-13(12)17(18)19/h6-8,10,15H,4-5,9H2,1-3H3. The van der Waals surface area contributed by atoms with E-state index in [4.69, 9.17) is 11.6 Å². The number of likely N-dealkylation sites (N-methyl/N-ethyl adjacent to an activating group) is 1. The molecule has 6 heteroatoms. The Morgan fingerprint density at radius 2 is 2.05 bits per heavy atom. The van der Waals surface area contributed by atoms with Gasteiger partial charge in [0, 0.05) is 23.7 Å². The van der Waals surface area contributed by atoms with E-state index in [0.29, 0.717) is 23.3 Å². The lowest BCUT2D eigenvalue weighted by molar-refractivity contribution is -0.383. The van der Waals surface area contributed by atoms with Crippen LogP contribution in [0.2, 0.25) is 5.02 Å². The van der Waals surface area contributed by atoms with Crippen molar-refractivity contribution in [3.8, 4) is 0 Å². The minimum absolute atomic E-state index is 0.0132. The summed E-state index contributed by atoms with van der Waals surface area (Å²) in [4.78, 5) is 12.8. The molecule has 0 fully saturated rings. The zero-order valence-electron chi connectivity index (χ0n) is 11.5. The average Bonchev–Trinajstić information content (AvgIpc) is 2.38. The molecule has 1 aromatic carbocycles. The van der Waals surface area contributed by atoms with Crippen LogP contribution in [0.3, 0.4) is 0 Å². The summed E-state index contributed by atoms with van der Waals surface area (Å²) in [6.07, 6.45) is 0. The van der Waals surface area contributed by atoms with Crippen molar-refractivity contribution in [2.75, 3.05) is 25.0 Å². The van der Waals surface area contributed by atoms with E-state index in [0.717, 1.165) is 13.1 Å². The Balaban J connectivity index is 2.75. The Morgan fingerprint density at radius 1 is 1.42 bits per heavy atom. The number of hydrogen-bond donors (Lipinski definition) is 1. The maximum Gasteiger partial charge on any atom is 0.293 e. The number of nitro groups is 1. The predicted octanol–water partition coefficient (Wildman–Crippen LogP) is 3.39. The molecular weight excluding hydrogens is 266 g/mol. The van der Waals surface area contributed by atoms with E-state index in [-0.39, 0.29) is 5.69 Å². The van der Waals surface area contributed by atoms with E-state index in [2.05, 4.69) is 31.0 Å². The molecule has 0 amide bonds. The number of anilines is 1. The molecule has 0 aliphatic rings. The summed E-state index contributed by atoms with van der Waals surface area (Å²) in [5, 5.41) is 14.5. The summed E-state index contributed by atoms with van der Waals surface area (Å²) >= 11 is 5.78. The SMILES string of the molecule is CCN(CC)C(C)CNc1ccc(Cl)cc1[N+](=O)[O-]. The van der Waals surface area contributed by atoms with Crippen LogP contribution in [0.1, 0.15) is 20.8 Å². The van der Waals surface area contributed by atoms with Gasteiger partial charge in [-0.2, -0.15) is 0 Å². The fourth-order valence-corrected chi connectivity index (χ4v) is 2.21. The highest BCUT2D eigenvalue weighted by molar-refractivity contribution is 6.30. The van der Waals surface area contributed by atoms with E-state index >= 15 is 0 Å². The third kappa shape index (κ3) is 4.36. The molecule has 0 saturated carbocycles. The van der Waals surface area contributed by atoms with Gasteiger partial charge in [-0.15, -0.1) is 0 Å². The minimum atomic E-state index is -0.420. The first-order valence-corrected chi connectivity index (χ1v) is 6.79. The van der Waals surface area contributed by atoms with Gasteiger partial charge < -0.3 is 5.32 Å². The summed E-state index contributed by atoms with van der Waals surface area (Å²) in [5.41, 5.74) is 0.521. The number of nitrogens with one attached hydrogen (secondary N) is 1. The highest BCUT2D eigenvalue weighted by atomic mass is 35.5. The molecular formula is C13H20ClN3O2. The molecule has 0 aliphatic heterocycles. The van der Waals surface area contributed by atoms with Gasteiger partial charge in [-0.1, -0.05) is 25.4 Å². The maximum absolute atomic E-state index is 11.0. The highest BCUT2D eigenvalue weighted by Crippen LogP contribution is 2.27. The second-order valence-corrected chi connectivity index (χ2v) is 4.81. The molecule has 0 aromatic heterocycles. The van der Waals surface area contributed by atoms with Crippen molar-refractivity contribution >= 4 is 23.0 Å². The molecule has 0 heterocycles. The van der Waals surface area contributed by atoms with E-state index in [1.54, 1.807) is 12.1 Å². The summed E-state index contributed by atoms with van der Waals surface area (Å²) in [5.74, 6) is 0. The molecule has 1 aromatic rings. The van der Waals surface area contributed by atoms with Crippen LogP contribution in [0.4, 0.5) is 11.4 Å². The van der Waals surface area contributed by atoms with Gasteiger partial charge in [-0.05, 0) is 32.1 Å². The number of nitro benzene ring substituents is 1. The number of nitrogens with zero attached hydrogens (tertiary/aromatic N) is 2. The quantitative estimate of drug-likeness (QED) is 0.616. The highest BCUT2D eigenvalue weighted by Gasteiger charge is 2.16. The molecule has 1 N–H and O–H groups in total. The Labute approximate surface area is 118 Å². The molecule has 1 rings (SSSR count). The van der Waals surface area contributed by atoms with Gasteiger partial charge in [-0.3, -0.25) is 15.0 Å². The number of rotatable bonds is 7. The van der Waals surface area contributed by atoms with Crippen molar-refractivity contribution in [1.29, 1.82) is 0 Å². The largest absolute Gasteiger partial charge is 0.378 e. The topological polar surface area (TPSA) is 58.4 Å². The van der Waals surface area contributed by atoms with Crippen LogP contribution in [0.5, 0.6) is 0 Å². The van der Waals surface area contributed by atoms with Crippen LogP contribution in [0.25, 0.3) is 0 Å². The van der Waals surface area contributed by atoms with Crippen LogP contribution in [-0.2, 0) is 0 Å². The van der Waals surface area contributed by atoms with Gasteiger partial charge >= 0.3 is 0 Å². The van der Waals surface area contributed by atoms with Crippen molar-refractivity contribution in [3.63, 3.8) is 0 Å². The minimum Gasteiger partial charge on any atom is -0.378 e. The van der Waals surface area contributed by atoms with E-state index in [1.165, 1.54) is 6.07 Å². The molecule has 1 unspecified atom stereocenters. The van der Waals surface area contributed by atoms with Crippen molar-refractivity contribution in [1.82, 2.24) is 4.90 Å². The fourth-order valence-electron chi connectivity index (χ4n) is 2.04. The normalized spacial score (nSPS) is 12.5. The molecule has 5 nitrogen and oxygen atoms in total. The van der Waals surface area contributed by atoms with Gasteiger partial charge in [0.1, 0.15) is 5.69 Å². The van der Waals surface area contributed by atoms with Crippen LogP contribution in [0.15, 0.2) is 18.2 Å². The molecule has 0 aliphatic carbocycles. The van der Waals surface area contributed by atoms with Crippen molar-refractivity contribution in [3.05, 3.63) is 33.3 Å². The first-order valence-electron chi connectivity index (χ1n) is 6.41. The third-order valence-corrected chi connectivity index (χ3v) is 3.42. The van der Waals surface area contributed by atoms with Gasteiger partial charge in [0.05, 0.1) is 4.92 Å². The molecule has 0 spiro atoms. The molecule has 0 saturated heterocycles. The average molecular weight is 286 g/mol. The summed E-state index contributed by atoms with van der Waals surface area (Å²) < 4.78 is 0. The Bertz CT molecular complexity index is 436. The van der Waals surface area contributed by atoms with Crippen LogP contribution >= 0.6 is 11.6 Å². The van der Waals surface area contributed by atoms with Gasteiger partial charge in [0.25, 0.3) is 5.69 Å². The molecule has 0 radical (unpaired) electrons. The van der Waals surface area contributed by atoms with Crippen LogP contribution in [-0.4, -0.2) is 35.5 Å². The maximum atomic E-state index is 11.0. The summed E-state index contributed by atoms with van der Waals surface area (Å²) in [7, 11) is 0. The van der Waals surface area contributed by atoms with Crippen LogP contribution in [0, 0.1) is 10.1 Å². The molecule has 1 atom stereocenters.